The summed E-state index contributed by atoms with van der Waals surface area (Å²) in [6.07, 6.45) is 0. The van der Waals surface area contributed by atoms with E-state index in [4.69, 9.17) is 0 Å². The second kappa shape index (κ2) is 3.82. The maximum Gasteiger partial charge on any atom is 0.280 e. The van der Waals surface area contributed by atoms with Gasteiger partial charge in [-0.2, -0.15) is 0 Å². The molecule has 1 amide bonds. The quantitative estimate of drug-likeness (QED) is 0.846. The van der Waals surface area contributed by atoms with E-state index in [1.54, 1.807) is 5.38 Å². The van der Waals surface area contributed by atoms with Crippen molar-refractivity contribution in [1.29, 1.82) is 0 Å². The number of nitrogens with one attached hydrogen (secondary N) is 1. The highest BCUT2D eigenvalue weighted by molar-refractivity contribution is 9.10. The van der Waals surface area contributed by atoms with Crippen molar-refractivity contribution in [2.45, 2.75) is 6.92 Å². The molecule has 0 bridgehead atoms. The van der Waals surface area contributed by atoms with Crippen LogP contribution in [0.15, 0.2) is 9.98 Å². The number of amides is 1. The van der Waals surface area contributed by atoms with Gasteiger partial charge in [0.05, 0.1) is 0 Å². The van der Waals surface area contributed by atoms with E-state index in [-0.39, 0.29) is 5.91 Å². The second-order valence-electron chi connectivity index (χ2n) is 1.83. The van der Waals surface area contributed by atoms with Gasteiger partial charge in [-0.1, -0.05) is 0 Å². The highest BCUT2D eigenvalue weighted by Gasteiger charge is 2.07. The first-order valence-corrected chi connectivity index (χ1v) is 4.80. The third-order valence-electron chi connectivity index (χ3n) is 1.01. The van der Waals surface area contributed by atoms with Crippen molar-refractivity contribution in [3.63, 3.8) is 0 Å². The lowest BCUT2D eigenvalue weighted by atomic mass is 10.6. The standard InChI is InChI=1S/C6H7BrN2OS/c1-2-8-5(10)6-9-4(7)3-11-6/h3H,2H2,1H3,(H,8,10). The number of thiazole rings is 1. The van der Waals surface area contributed by atoms with Gasteiger partial charge in [-0.25, -0.2) is 4.98 Å². The number of hydrogen-bond acceptors (Lipinski definition) is 3. The van der Waals surface area contributed by atoms with Crippen molar-refractivity contribution in [2.75, 3.05) is 6.54 Å². The van der Waals surface area contributed by atoms with Crippen molar-refractivity contribution in [2.24, 2.45) is 0 Å². The van der Waals surface area contributed by atoms with Crippen LogP contribution in [0.3, 0.4) is 0 Å². The van der Waals surface area contributed by atoms with Crippen LogP contribution >= 0.6 is 27.3 Å². The predicted octanol–water partition coefficient (Wildman–Crippen LogP) is 1.66. The summed E-state index contributed by atoms with van der Waals surface area (Å²) in [5, 5.41) is 4.94. The molecule has 1 aromatic heterocycles. The highest BCUT2D eigenvalue weighted by Crippen LogP contribution is 2.14. The molecule has 0 fully saturated rings. The van der Waals surface area contributed by atoms with Crippen LogP contribution in [0.5, 0.6) is 0 Å². The van der Waals surface area contributed by atoms with E-state index in [1.165, 1.54) is 11.3 Å². The molecule has 1 aromatic rings. The average molecular weight is 235 g/mol. The van der Waals surface area contributed by atoms with Gasteiger partial charge in [0.2, 0.25) is 0 Å². The monoisotopic (exact) mass is 234 g/mol. The largest absolute Gasteiger partial charge is 0.350 e. The number of rotatable bonds is 2. The van der Waals surface area contributed by atoms with Crippen LogP contribution < -0.4 is 5.32 Å². The zero-order chi connectivity index (χ0) is 8.27. The van der Waals surface area contributed by atoms with Gasteiger partial charge in [-0.15, -0.1) is 11.3 Å². The first-order valence-electron chi connectivity index (χ1n) is 3.13. The van der Waals surface area contributed by atoms with Gasteiger partial charge in [-0.3, -0.25) is 4.79 Å². The van der Waals surface area contributed by atoms with Gasteiger partial charge in [0, 0.05) is 11.9 Å². The molecule has 0 aliphatic carbocycles. The Morgan fingerprint density at radius 2 is 2.64 bits per heavy atom. The molecule has 1 heterocycles. The second-order valence-corrected chi connectivity index (χ2v) is 3.51. The molecular formula is C6H7BrN2OS. The smallest absolute Gasteiger partial charge is 0.280 e. The fourth-order valence-electron chi connectivity index (χ4n) is 0.595. The fourth-order valence-corrected chi connectivity index (χ4v) is 1.76. The average Bonchev–Trinajstić information content (AvgIpc) is 2.36. The minimum Gasteiger partial charge on any atom is -0.350 e. The van der Waals surface area contributed by atoms with Gasteiger partial charge in [0.25, 0.3) is 5.91 Å². The van der Waals surface area contributed by atoms with Gasteiger partial charge in [0.1, 0.15) is 4.60 Å². The lowest BCUT2D eigenvalue weighted by molar-refractivity contribution is 0.0955. The summed E-state index contributed by atoms with van der Waals surface area (Å²) in [5.74, 6) is -0.108. The normalized spacial score (nSPS) is 9.64. The Hall–Kier alpha value is -0.420. The molecule has 5 heteroatoms. The van der Waals surface area contributed by atoms with Crippen molar-refractivity contribution >= 4 is 33.2 Å². The third kappa shape index (κ3) is 2.27. The van der Waals surface area contributed by atoms with Crippen LogP contribution in [-0.4, -0.2) is 17.4 Å². The molecule has 0 spiro atoms. The van der Waals surface area contributed by atoms with Crippen LogP contribution in [-0.2, 0) is 0 Å². The van der Waals surface area contributed by atoms with E-state index >= 15 is 0 Å². The molecule has 0 aliphatic rings. The minimum absolute atomic E-state index is 0.108. The number of halogens is 1. The molecule has 0 atom stereocenters. The Morgan fingerprint density at radius 3 is 3.09 bits per heavy atom. The molecule has 0 unspecified atom stereocenters. The Kier molecular flexibility index (Phi) is 3.02. The predicted molar refractivity (Wildman–Crippen MR) is 47.8 cm³/mol. The summed E-state index contributed by atoms with van der Waals surface area (Å²) in [4.78, 5) is 15.0. The number of nitrogens with zero attached hydrogens (tertiary/aromatic N) is 1. The van der Waals surface area contributed by atoms with Crippen LogP contribution in [0, 0.1) is 0 Å². The zero-order valence-corrected chi connectivity index (χ0v) is 8.33. The van der Waals surface area contributed by atoms with E-state index in [0.29, 0.717) is 16.2 Å². The maximum absolute atomic E-state index is 11.1. The third-order valence-corrected chi connectivity index (χ3v) is 2.56. The molecule has 60 valence electrons. The van der Waals surface area contributed by atoms with Crippen LogP contribution in [0.2, 0.25) is 0 Å². The lowest BCUT2D eigenvalue weighted by Crippen LogP contribution is -2.22. The van der Waals surface area contributed by atoms with Crippen molar-refractivity contribution < 1.29 is 4.79 Å². The first-order chi connectivity index (χ1) is 5.24. The fraction of sp³-hybridized carbons (Fsp3) is 0.333. The molecule has 3 nitrogen and oxygen atoms in total. The van der Waals surface area contributed by atoms with Crippen LogP contribution in [0.1, 0.15) is 16.7 Å². The van der Waals surface area contributed by atoms with Gasteiger partial charge < -0.3 is 5.32 Å². The molecule has 0 saturated heterocycles. The SMILES string of the molecule is CCNC(=O)c1nc(Br)cs1. The van der Waals surface area contributed by atoms with E-state index in [0.717, 1.165) is 0 Å². The molecule has 1 N–H and O–H groups in total. The van der Waals surface area contributed by atoms with E-state index in [2.05, 4.69) is 26.2 Å². The van der Waals surface area contributed by atoms with E-state index in [9.17, 15) is 4.79 Å². The zero-order valence-electron chi connectivity index (χ0n) is 5.93. The summed E-state index contributed by atoms with van der Waals surface area (Å²) in [5.41, 5.74) is 0. The summed E-state index contributed by atoms with van der Waals surface area (Å²) >= 11 is 4.50. The molecule has 0 aliphatic heterocycles. The summed E-state index contributed by atoms with van der Waals surface area (Å²) in [6, 6.07) is 0. The van der Waals surface area contributed by atoms with Gasteiger partial charge in [0.15, 0.2) is 5.01 Å². The Labute approximate surface area is 77.0 Å². The molecule has 1 rings (SSSR count). The lowest BCUT2D eigenvalue weighted by Gasteiger charge is -1.94. The topological polar surface area (TPSA) is 42.0 Å². The summed E-state index contributed by atoms with van der Waals surface area (Å²) in [6.45, 7) is 2.51. The first kappa shape index (κ1) is 8.67. The Bertz CT molecular complexity index is 261. The van der Waals surface area contributed by atoms with Crippen LogP contribution in [0.25, 0.3) is 0 Å². The molecule has 11 heavy (non-hydrogen) atoms. The number of aromatic nitrogens is 1. The summed E-state index contributed by atoms with van der Waals surface area (Å²) in [7, 11) is 0. The Balaban J connectivity index is 2.69. The molecule has 0 radical (unpaired) electrons. The van der Waals surface area contributed by atoms with Crippen molar-refractivity contribution in [3.05, 3.63) is 15.0 Å². The summed E-state index contributed by atoms with van der Waals surface area (Å²) < 4.78 is 0.712. The molecule has 0 aromatic carbocycles. The van der Waals surface area contributed by atoms with Crippen LogP contribution in [0.4, 0.5) is 0 Å². The van der Waals surface area contributed by atoms with Gasteiger partial charge in [-0.05, 0) is 22.9 Å². The van der Waals surface area contributed by atoms with Crippen molar-refractivity contribution in [3.8, 4) is 0 Å². The van der Waals surface area contributed by atoms with Crippen molar-refractivity contribution in [1.82, 2.24) is 10.3 Å². The molecule has 0 saturated carbocycles. The van der Waals surface area contributed by atoms with E-state index < -0.39 is 0 Å². The number of carbonyl (C=O) groups excluding carboxylic acids is 1. The molecular weight excluding hydrogens is 228 g/mol. The minimum atomic E-state index is -0.108. The highest BCUT2D eigenvalue weighted by atomic mass is 79.9. The Morgan fingerprint density at radius 1 is 1.91 bits per heavy atom. The van der Waals surface area contributed by atoms with E-state index in [1.807, 2.05) is 6.92 Å². The maximum atomic E-state index is 11.1. The number of hydrogen-bond donors (Lipinski definition) is 1. The number of carbonyl (C=O) groups is 1. The van der Waals surface area contributed by atoms with Gasteiger partial charge >= 0.3 is 0 Å².